The molecule has 1 fully saturated rings. The quantitative estimate of drug-likeness (QED) is 0.825. The Morgan fingerprint density at radius 1 is 1.33 bits per heavy atom. The molecule has 82 valence electrons. The number of hydrogen-bond acceptors (Lipinski definition) is 1. The number of benzene rings is 1. The first kappa shape index (κ1) is 11.2. The standard InChI is InChI=1S/C13H20AsN/c1-11-10-15-8-7-13(11)14-9-12-5-3-2-4-6-12/h2-6,11,13-15H,7-10H2,1H3. The Morgan fingerprint density at radius 2 is 2.13 bits per heavy atom. The molecule has 2 heteroatoms. The van der Waals surface area contributed by atoms with Crippen LogP contribution in [0.25, 0.3) is 0 Å². The maximum absolute atomic E-state index is 3.48. The van der Waals surface area contributed by atoms with Crippen molar-refractivity contribution < 1.29 is 0 Å². The molecular formula is C13H20AsN. The molecule has 0 amide bonds. The Balaban J connectivity index is 1.82. The van der Waals surface area contributed by atoms with Crippen LogP contribution in [-0.4, -0.2) is 28.8 Å². The Hall–Kier alpha value is -0.262. The van der Waals surface area contributed by atoms with Gasteiger partial charge in [-0.15, -0.1) is 0 Å². The summed E-state index contributed by atoms with van der Waals surface area (Å²) in [5.41, 5.74) is 1.54. The monoisotopic (exact) mass is 265 g/mol. The minimum absolute atomic E-state index is 0.207. The summed E-state index contributed by atoms with van der Waals surface area (Å²) in [6, 6.07) is 11.0. The van der Waals surface area contributed by atoms with Crippen molar-refractivity contribution in [1.82, 2.24) is 5.32 Å². The van der Waals surface area contributed by atoms with E-state index in [0.29, 0.717) is 0 Å². The van der Waals surface area contributed by atoms with Crippen LogP contribution in [0.15, 0.2) is 30.3 Å². The molecule has 1 aromatic carbocycles. The minimum atomic E-state index is 0.207. The van der Waals surface area contributed by atoms with Gasteiger partial charge in [-0.2, -0.15) is 0 Å². The molecule has 1 heterocycles. The third kappa shape index (κ3) is 3.36. The van der Waals surface area contributed by atoms with E-state index in [0.717, 1.165) is 10.6 Å². The molecule has 1 saturated heterocycles. The van der Waals surface area contributed by atoms with Gasteiger partial charge in [-0.05, 0) is 0 Å². The third-order valence-corrected chi connectivity index (χ3v) is 7.38. The summed E-state index contributed by atoms with van der Waals surface area (Å²) >= 11 is 0.207. The Bertz CT molecular complexity index is 286. The second kappa shape index (κ2) is 5.72. The zero-order valence-corrected chi connectivity index (χ0v) is 11.5. The van der Waals surface area contributed by atoms with Crippen molar-refractivity contribution in [3.05, 3.63) is 35.9 Å². The van der Waals surface area contributed by atoms with Gasteiger partial charge in [0.2, 0.25) is 0 Å². The van der Waals surface area contributed by atoms with Crippen molar-refractivity contribution in [2.45, 2.75) is 23.3 Å². The number of rotatable bonds is 3. The van der Waals surface area contributed by atoms with Crippen LogP contribution in [0, 0.1) is 5.92 Å². The van der Waals surface area contributed by atoms with Gasteiger partial charge in [0.05, 0.1) is 0 Å². The van der Waals surface area contributed by atoms with Crippen LogP contribution in [0.1, 0.15) is 18.9 Å². The van der Waals surface area contributed by atoms with E-state index >= 15 is 0 Å². The van der Waals surface area contributed by atoms with Crippen molar-refractivity contribution in [2.24, 2.45) is 5.92 Å². The van der Waals surface area contributed by atoms with Gasteiger partial charge in [0.1, 0.15) is 0 Å². The Kier molecular flexibility index (Phi) is 4.28. The van der Waals surface area contributed by atoms with E-state index in [9.17, 15) is 0 Å². The van der Waals surface area contributed by atoms with Crippen molar-refractivity contribution in [1.29, 1.82) is 0 Å². The number of nitrogens with one attached hydrogen (secondary N) is 1. The number of piperidine rings is 1. The first-order valence-corrected chi connectivity index (χ1v) is 8.54. The zero-order valence-electron chi connectivity index (χ0n) is 9.37. The molecule has 0 aliphatic carbocycles. The second-order valence-electron chi connectivity index (χ2n) is 4.44. The van der Waals surface area contributed by atoms with Crippen LogP contribution in [-0.2, 0) is 5.21 Å². The Labute approximate surface area is 99.3 Å². The average molecular weight is 265 g/mol. The molecule has 0 bridgehead atoms. The van der Waals surface area contributed by atoms with E-state index in [-0.39, 0.29) is 15.8 Å². The predicted molar refractivity (Wildman–Crippen MR) is 67.7 cm³/mol. The zero-order chi connectivity index (χ0) is 10.5. The number of hydrogen-bond donors (Lipinski definition) is 1. The maximum atomic E-state index is 3.48. The molecule has 1 nitrogen and oxygen atoms in total. The fourth-order valence-electron chi connectivity index (χ4n) is 2.16. The van der Waals surface area contributed by atoms with Crippen LogP contribution in [0.2, 0.25) is 4.71 Å². The van der Waals surface area contributed by atoms with Crippen LogP contribution >= 0.6 is 0 Å². The Morgan fingerprint density at radius 3 is 2.87 bits per heavy atom. The van der Waals surface area contributed by atoms with Gasteiger partial charge >= 0.3 is 99.2 Å². The van der Waals surface area contributed by atoms with Crippen molar-refractivity contribution in [2.75, 3.05) is 13.1 Å². The van der Waals surface area contributed by atoms with E-state index < -0.39 is 0 Å². The van der Waals surface area contributed by atoms with E-state index in [1.807, 2.05) is 0 Å². The molecule has 15 heavy (non-hydrogen) atoms. The van der Waals surface area contributed by atoms with Crippen molar-refractivity contribution in [3.8, 4) is 0 Å². The molecule has 3 atom stereocenters. The molecule has 1 aromatic rings. The molecule has 3 unspecified atom stereocenters. The van der Waals surface area contributed by atoms with Crippen LogP contribution in [0.4, 0.5) is 0 Å². The summed E-state index contributed by atoms with van der Waals surface area (Å²) in [6.07, 6.45) is 1.41. The van der Waals surface area contributed by atoms with Gasteiger partial charge < -0.3 is 0 Å². The molecule has 0 aromatic heterocycles. The van der Waals surface area contributed by atoms with Crippen LogP contribution in [0.3, 0.4) is 0 Å². The van der Waals surface area contributed by atoms with Gasteiger partial charge in [0.25, 0.3) is 0 Å². The van der Waals surface area contributed by atoms with E-state index in [1.165, 1.54) is 24.7 Å². The van der Waals surface area contributed by atoms with Gasteiger partial charge in [-0.3, -0.25) is 0 Å². The molecular weight excluding hydrogens is 245 g/mol. The van der Waals surface area contributed by atoms with E-state index in [1.54, 1.807) is 5.56 Å². The topological polar surface area (TPSA) is 12.0 Å². The third-order valence-electron chi connectivity index (χ3n) is 3.20. The summed E-state index contributed by atoms with van der Waals surface area (Å²) < 4.78 is 1.05. The normalized spacial score (nSPS) is 27.3. The molecule has 1 aliphatic rings. The molecule has 2 rings (SSSR count). The molecule has 0 radical (unpaired) electrons. The van der Waals surface area contributed by atoms with Gasteiger partial charge in [-0.1, -0.05) is 0 Å². The average Bonchev–Trinajstić information content (AvgIpc) is 2.29. The summed E-state index contributed by atoms with van der Waals surface area (Å²) in [6.45, 7) is 4.89. The molecule has 1 aliphatic heterocycles. The fourth-order valence-corrected chi connectivity index (χ4v) is 5.52. The summed E-state index contributed by atoms with van der Waals surface area (Å²) in [4.78, 5) is 0. The van der Waals surface area contributed by atoms with Gasteiger partial charge in [0.15, 0.2) is 0 Å². The van der Waals surface area contributed by atoms with Crippen LogP contribution < -0.4 is 5.32 Å². The first-order valence-electron chi connectivity index (χ1n) is 5.84. The summed E-state index contributed by atoms with van der Waals surface area (Å²) in [7, 11) is 0. The second-order valence-corrected chi connectivity index (χ2v) is 7.60. The van der Waals surface area contributed by atoms with Gasteiger partial charge in [-0.25, -0.2) is 0 Å². The molecule has 0 spiro atoms. The van der Waals surface area contributed by atoms with E-state index in [2.05, 4.69) is 42.6 Å². The van der Waals surface area contributed by atoms with Crippen molar-refractivity contribution in [3.63, 3.8) is 0 Å². The molecule has 1 N–H and O–H groups in total. The fraction of sp³-hybridized carbons (Fsp3) is 0.538. The SMILES string of the molecule is CC1CNCCC1[AsH]Cc1ccccc1. The summed E-state index contributed by atoms with van der Waals surface area (Å²) in [5, 5.41) is 4.85. The first-order chi connectivity index (χ1) is 7.36. The van der Waals surface area contributed by atoms with E-state index in [4.69, 9.17) is 0 Å². The molecule has 0 saturated carbocycles. The summed E-state index contributed by atoms with van der Waals surface area (Å²) in [5.74, 6) is 0.905. The van der Waals surface area contributed by atoms with Gasteiger partial charge in [0, 0.05) is 0 Å². The van der Waals surface area contributed by atoms with Crippen molar-refractivity contribution >= 4 is 15.8 Å². The predicted octanol–water partition coefficient (Wildman–Crippen LogP) is 2.04. The van der Waals surface area contributed by atoms with Crippen LogP contribution in [0.5, 0.6) is 0 Å².